The molecule has 1 aliphatic carbocycles. The van der Waals surface area contributed by atoms with Crippen LogP contribution in [0.1, 0.15) is 33.1 Å². The molecule has 1 atom stereocenters. The largest absolute Gasteiger partial charge is 0.355 e. The van der Waals surface area contributed by atoms with Crippen molar-refractivity contribution < 1.29 is 4.79 Å². The first-order valence-corrected chi connectivity index (χ1v) is 6.44. The SMILES string of the molecule is CC1(C)CCCC1C(=O)NCCI. The smallest absolute Gasteiger partial charge is 0.223 e. The second-order valence-corrected chi connectivity index (χ2v) is 5.49. The molecular formula is C10H18INO. The van der Waals surface area contributed by atoms with E-state index in [1.807, 2.05) is 0 Å². The van der Waals surface area contributed by atoms with Crippen LogP contribution in [0.5, 0.6) is 0 Å². The zero-order valence-electron chi connectivity index (χ0n) is 8.40. The lowest BCUT2D eigenvalue weighted by atomic mass is 9.81. The summed E-state index contributed by atoms with van der Waals surface area (Å²) in [6.07, 6.45) is 3.46. The molecule has 76 valence electrons. The lowest BCUT2D eigenvalue weighted by Gasteiger charge is -2.25. The van der Waals surface area contributed by atoms with Gasteiger partial charge in [-0.1, -0.05) is 42.9 Å². The summed E-state index contributed by atoms with van der Waals surface area (Å²) >= 11 is 2.28. The zero-order valence-corrected chi connectivity index (χ0v) is 10.6. The number of amides is 1. The van der Waals surface area contributed by atoms with Gasteiger partial charge in [-0.25, -0.2) is 0 Å². The molecule has 0 bridgehead atoms. The molecule has 0 aliphatic heterocycles. The maximum Gasteiger partial charge on any atom is 0.223 e. The van der Waals surface area contributed by atoms with Crippen LogP contribution in [-0.4, -0.2) is 16.9 Å². The molecule has 0 saturated heterocycles. The lowest BCUT2D eigenvalue weighted by Crippen LogP contribution is -2.36. The first-order chi connectivity index (χ1) is 6.08. The number of rotatable bonds is 3. The zero-order chi connectivity index (χ0) is 9.90. The average Bonchev–Trinajstić information content (AvgIpc) is 2.41. The van der Waals surface area contributed by atoms with Crippen molar-refractivity contribution in [1.82, 2.24) is 5.32 Å². The van der Waals surface area contributed by atoms with Crippen LogP contribution in [-0.2, 0) is 4.79 Å². The fourth-order valence-corrected chi connectivity index (χ4v) is 2.38. The lowest BCUT2D eigenvalue weighted by molar-refractivity contribution is -0.127. The highest BCUT2D eigenvalue weighted by Gasteiger charge is 2.38. The minimum Gasteiger partial charge on any atom is -0.355 e. The van der Waals surface area contributed by atoms with E-state index >= 15 is 0 Å². The van der Waals surface area contributed by atoms with Crippen molar-refractivity contribution in [3.8, 4) is 0 Å². The van der Waals surface area contributed by atoms with Crippen LogP contribution in [0, 0.1) is 11.3 Å². The Morgan fingerprint density at radius 1 is 1.62 bits per heavy atom. The molecule has 0 aromatic rings. The predicted molar refractivity (Wildman–Crippen MR) is 63.0 cm³/mol. The molecule has 3 heteroatoms. The Morgan fingerprint density at radius 3 is 2.77 bits per heavy atom. The van der Waals surface area contributed by atoms with Gasteiger partial charge in [0.15, 0.2) is 0 Å². The molecule has 1 N–H and O–H groups in total. The molecule has 1 unspecified atom stereocenters. The summed E-state index contributed by atoms with van der Waals surface area (Å²) in [5.74, 6) is 0.509. The van der Waals surface area contributed by atoms with Gasteiger partial charge in [0.1, 0.15) is 0 Å². The van der Waals surface area contributed by atoms with Crippen LogP contribution < -0.4 is 5.32 Å². The monoisotopic (exact) mass is 295 g/mol. The molecule has 0 heterocycles. The van der Waals surface area contributed by atoms with Crippen molar-refractivity contribution in [3.63, 3.8) is 0 Å². The number of hydrogen-bond donors (Lipinski definition) is 1. The highest BCUT2D eigenvalue weighted by atomic mass is 127. The highest BCUT2D eigenvalue weighted by Crippen LogP contribution is 2.42. The van der Waals surface area contributed by atoms with Crippen molar-refractivity contribution >= 4 is 28.5 Å². The second-order valence-electron chi connectivity index (χ2n) is 4.41. The van der Waals surface area contributed by atoms with Crippen molar-refractivity contribution in [2.75, 3.05) is 11.0 Å². The van der Waals surface area contributed by atoms with E-state index in [1.54, 1.807) is 0 Å². The fraction of sp³-hybridized carbons (Fsp3) is 0.900. The Labute approximate surface area is 94.0 Å². The Bertz CT molecular complexity index is 191. The van der Waals surface area contributed by atoms with Gasteiger partial charge in [0.25, 0.3) is 0 Å². The van der Waals surface area contributed by atoms with E-state index in [0.717, 1.165) is 17.4 Å². The van der Waals surface area contributed by atoms with Crippen LogP contribution in [0.25, 0.3) is 0 Å². The molecule has 1 amide bonds. The van der Waals surface area contributed by atoms with E-state index in [1.165, 1.54) is 12.8 Å². The Balaban J connectivity index is 2.46. The van der Waals surface area contributed by atoms with E-state index < -0.39 is 0 Å². The number of carbonyl (C=O) groups is 1. The van der Waals surface area contributed by atoms with Crippen LogP contribution in [0.2, 0.25) is 0 Å². The van der Waals surface area contributed by atoms with Gasteiger partial charge in [0, 0.05) is 16.9 Å². The maximum absolute atomic E-state index is 11.7. The molecule has 0 radical (unpaired) electrons. The van der Waals surface area contributed by atoms with Crippen molar-refractivity contribution in [2.45, 2.75) is 33.1 Å². The Kier molecular flexibility index (Phi) is 4.01. The fourth-order valence-electron chi connectivity index (χ4n) is 2.11. The number of nitrogens with one attached hydrogen (secondary N) is 1. The average molecular weight is 295 g/mol. The Hall–Kier alpha value is 0.200. The molecule has 0 aromatic carbocycles. The van der Waals surface area contributed by atoms with Gasteiger partial charge >= 0.3 is 0 Å². The summed E-state index contributed by atoms with van der Waals surface area (Å²) in [7, 11) is 0. The van der Waals surface area contributed by atoms with E-state index in [9.17, 15) is 4.79 Å². The topological polar surface area (TPSA) is 29.1 Å². The summed E-state index contributed by atoms with van der Waals surface area (Å²) in [6.45, 7) is 5.22. The molecule has 1 aliphatic rings. The first kappa shape index (κ1) is 11.3. The molecule has 1 rings (SSSR count). The van der Waals surface area contributed by atoms with E-state index in [2.05, 4.69) is 41.8 Å². The minimum atomic E-state index is 0.218. The van der Waals surface area contributed by atoms with Crippen LogP contribution in [0.15, 0.2) is 0 Å². The Morgan fingerprint density at radius 2 is 2.31 bits per heavy atom. The number of halogens is 1. The molecule has 0 spiro atoms. The summed E-state index contributed by atoms with van der Waals surface area (Å²) in [6, 6.07) is 0. The van der Waals surface area contributed by atoms with Crippen molar-refractivity contribution in [2.24, 2.45) is 11.3 Å². The number of hydrogen-bond acceptors (Lipinski definition) is 1. The third kappa shape index (κ3) is 2.82. The summed E-state index contributed by atoms with van der Waals surface area (Å²) < 4.78 is 0.997. The van der Waals surface area contributed by atoms with Gasteiger partial charge in [0.2, 0.25) is 5.91 Å². The van der Waals surface area contributed by atoms with Gasteiger partial charge in [0.05, 0.1) is 0 Å². The summed E-state index contributed by atoms with van der Waals surface area (Å²) in [4.78, 5) is 11.7. The molecule has 2 nitrogen and oxygen atoms in total. The van der Waals surface area contributed by atoms with Gasteiger partial charge in [-0.3, -0.25) is 4.79 Å². The van der Waals surface area contributed by atoms with Crippen molar-refractivity contribution in [1.29, 1.82) is 0 Å². The summed E-state index contributed by atoms with van der Waals surface area (Å²) in [5.41, 5.74) is 0.218. The van der Waals surface area contributed by atoms with E-state index in [-0.39, 0.29) is 17.2 Å². The van der Waals surface area contributed by atoms with E-state index in [0.29, 0.717) is 0 Å². The van der Waals surface area contributed by atoms with Gasteiger partial charge in [-0.05, 0) is 18.3 Å². The van der Waals surface area contributed by atoms with Crippen LogP contribution >= 0.6 is 22.6 Å². The molecule has 13 heavy (non-hydrogen) atoms. The maximum atomic E-state index is 11.7. The molecular weight excluding hydrogens is 277 g/mol. The summed E-state index contributed by atoms with van der Waals surface area (Å²) in [5, 5.41) is 2.98. The number of carbonyl (C=O) groups excluding carboxylic acids is 1. The molecule has 0 aromatic heterocycles. The number of alkyl halides is 1. The van der Waals surface area contributed by atoms with Gasteiger partial charge in [-0.2, -0.15) is 0 Å². The second kappa shape index (κ2) is 4.62. The molecule has 1 fully saturated rings. The third-order valence-electron chi connectivity index (χ3n) is 2.97. The highest BCUT2D eigenvalue weighted by molar-refractivity contribution is 14.1. The standard InChI is InChI=1S/C10H18INO/c1-10(2)5-3-4-8(10)9(13)12-7-6-11/h8H,3-7H2,1-2H3,(H,12,13). The van der Waals surface area contributed by atoms with Crippen LogP contribution in [0.3, 0.4) is 0 Å². The van der Waals surface area contributed by atoms with Gasteiger partial charge in [-0.15, -0.1) is 0 Å². The van der Waals surface area contributed by atoms with Crippen LogP contribution in [0.4, 0.5) is 0 Å². The quantitative estimate of drug-likeness (QED) is 0.628. The predicted octanol–water partition coefficient (Wildman–Crippen LogP) is 2.36. The van der Waals surface area contributed by atoms with Crippen molar-refractivity contribution in [3.05, 3.63) is 0 Å². The third-order valence-corrected chi connectivity index (χ3v) is 3.51. The normalized spacial score (nSPS) is 25.9. The first-order valence-electron chi connectivity index (χ1n) is 4.91. The minimum absolute atomic E-state index is 0.218. The van der Waals surface area contributed by atoms with Gasteiger partial charge < -0.3 is 5.32 Å². The van der Waals surface area contributed by atoms with E-state index in [4.69, 9.17) is 0 Å². The molecule has 1 saturated carbocycles.